The molecule has 0 N–H and O–H groups in total. The Kier molecular flexibility index (Phi) is 7.32. The topological polar surface area (TPSA) is 78.9 Å². The summed E-state index contributed by atoms with van der Waals surface area (Å²) in [6.07, 6.45) is 0. The molecular formula is C22H26O6S. The van der Waals surface area contributed by atoms with Crippen LogP contribution in [0.25, 0.3) is 0 Å². The first-order chi connectivity index (χ1) is 13.5. The maximum Gasteiger partial charge on any atom is 0.360 e. The van der Waals surface area contributed by atoms with Crippen molar-refractivity contribution >= 4 is 23.1 Å². The minimum absolute atomic E-state index is 0.328. The third-order valence-electron chi connectivity index (χ3n) is 4.02. The molecule has 0 aliphatic carbocycles. The van der Waals surface area contributed by atoms with Crippen LogP contribution in [0.2, 0.25) is 0 Å². The van der Waals surface area contributed by atoms with E-state index in [-0.39, 0.29) is 0 Å². The summed E-state index contributed by atoms with van der Waals surface area (Å²) in [6.45, 7) is 7.99. The first kappa shape index (κ1) is 22.8. The second-order valence-electron chi connectivity index (χ2n) is 7.89. The van der Waals surface area contributed by atoms with Gasteiger partial charge in [0, 0.05) is 5.56 Å². The average Bonchev–Trinajstić information content (AvgIpc) is 2.66. The zero-order valence-electron chi connectivity index (χ0n) is 17.3. The fraction of sp³-hybridized carbons (Fsp3) is 0.364. The lowest BCUT2D eigenvalue weighted by atomic mass is 9.83. The van der Waals surface area contributed by atoms with Crippen molar-refractivity contribution in [2.75, 3.05) is 6.61 Å². The molecule has 0 radical (unpaired) electrons. The number of esters is 1. The van der Waals surface area contributed by atoms with E-state index in [0.717, 1.165) is 5.56 Å². The predicted octanol–water partition coefficient (Wildman–Crippen LogP) is 4.20. The molecule has 0 spiro atoms. The van der Waals surface area contributed by atoms with Gasteiger partial charge in [0.05, 0.1) is 6.61 Å². The van der Waals surface area contributed by atoms with Crippen molar-refractivity contribution in [1.29, 1.82) is 0 Å². The fourth-order valence-corrected chi connectivity index (χ4v) is 3.03. The third-order valence-corrected chi connectivity index (χ3v) is 4.65. The van der Waals surface area contributed by atoms with Gasteiger partial charge in [-0.05, 0) is 46.8 Å². The zero-order valence-corrected chi connectivity index (χ0v) is 18.1. The van der Waals surface area contributed by atoms with Crippen molar-refractivity contribution in [2.24, 2.45) is 5.41 Å². The zero-order chi connectivity index (χ0) is 21.7. The van der Waals surface area contributed by atoms with Crippen molar-refractivity contribution in [1.82, 2.24) is 0 Å². The molecule has 2 atom stereocenters. The largest absolute Gasteiger partial charge is 0.459 e. The third kappa shape index (κ3) is 6.51. The summed E-state index contributed by atoms with van der Waals surface area (Å²) in [7, 11) is 0. The molecule has 2 unspecified atom stereocenters. The Morgan fingerprint density at radius 3 is 2.07 bits per heavy atom. The number of benzene rings is 2. The van der Waals surface area contributed by atoms with Gasteiger partial charge < -0.3 is 8.92 Å². The molecule has 29 heavy (non-hydrogen) atoms. The van der Waals surface area contributed by atoms with E-state index >= 15 is 0 Å². The lowest BCUT2D eigenvalue weighted by Crippen LogP contribution is -2.45. The van der Waals surface area contributed by atoms with Crippen molar-refractivity contribution in [3.8, 4) is 5.75 Å². The fourth-order valence-electron chi connectivity index (χ4n) is 2.38. The van der Waals surface area contributed by atoms with Crippen LogP contribution < -0.4 is 4.18 Å². The van der Waals surface area contributed by atoms with E-state index in [9.17, 15) is 13.8 Å². The van der Waals surface area contributed by atoms with Crippen molar-refractivity contribution in [2.45, 2.75) is 40.2 Å². The molecule has 0 fully saturated rings. The quantitative estimate of drug-likeness (QED) is 0.363. The van der Waals surface area contributed by atoms with Gasteiger partial charge in [0.25, 0.3) is 0 Å². The highest BCUT2D eigenvalue weighted by Crippen LogP contribution is 2.28. The highest BCUT2D eigenvalue weighted by Gasteiger charge is 2.45. The SMILES string of the molecule is Cc1ccc(OS(=O)OCC(C)(C(=O)OC(C)(C)C)C(=O)c2ccccc2)cc1. The number of Topliss-reactive ketones (excluding diaryl/α,β-unsaturated/α-hetero) is 1. The molecule has 0 bridgehead atoms. The number of ether oxygens (including phenoxy) is 1. The standard InChI is InChI=1S/C22H26O6S/c1-16-11-13-18(14-12-16)28-29(25)26-15-22(5,20(24)27-21(2,3)4)19(23)17-9-7-6-8-10-17/h6-14H,15H2,1-5H3. The molecular weight excluding hydrogens is 392 g/mol. The molecule has 0 amide bonds. The van der Waals surface area contributed by atoms with Gasteiger partial charge in [0.15, 0.2) is 11.2 Å². The summed E-state index contributed by atoms with van der Waals surface area (Å²) in [6, 6.07) is 15.3. The van der Waals surface area contributed by atoms with Gasteiger partial charge in [-0.15, -0.1) is 0 Å². The first-order valence-corrected chi connectivity index (χ1v) is 10.1. The van der Waals surface area contributed by atoms with Gasteiger partial charge in [-0.2, -0.15) is 4.21 Å². The van der Waals surface area contributed by atoms with Crippen LogP contribution in [0, 0.1) is 12.3 Å². The highest BCUT2D eigenvalue weighted by atomic mass is 32.2. The van der Waals surface area contributed by atoms with Gasteiger partial charge in [0.1, 0.15) is 11.4 Å². The minimum Gasteiger partial charge on any atom is -0.459 e. The van der Waals surface area contributed by atoms with Crippen LogP contribution in [0.3, 0.4) is 0 Å². The van der Waals surface area contributed by atoms with E-state index in [0.29, 0.717) is 11.3 Å². The summed E-state index contributed by atoms with van der Waals surface area (Å²) in [4.78, 5) is 25.9. The molecule has 2 aromatic rings. The molecule has 156 valence electrons. The van der Waals surface area contributed by atoms with E-state index < -0.39 is 40.7 Å². The van der Waals surface area contributed by atoms with Crippen LogP contribution >= 0.6 is 0 Å². The number of aryl methyl sites for hydroxylation is 1. The van der Waals surface area contributed by atoms with Crippen LogP contribution in [0.1, 0.15) is 43.6 Å². The Bertz CT molecular complexity index is 870. The van der Waals surface area contributed by atoms with E-state index in [1.54, 1.807) is 75.4 Å². The lowest BCUT2D eigenvalue weighted by Gasteiger charge is -2.29. The molecule has 2 rings (SSSR count). The van der Waals surface area contributed by atoms with Crippen molar-refractivity contribution in [3.05, 3.63) is 65.7 Å². The molecule has 0 aliphatic heterocycles. The van der Waals surface area contributed by atoms with E-state index in [1.165, 1.54) is 6.92 Å². The van der Waals surface area contributed by atoms with Crippen molar-refractivity contribution < 1.29 is 26.9 Å². The summed E-state index contributed by atoms with van der Waals surface area (Å²) in [5.41, 5.74) is -1.14. The molecule has 0 heterocycles. The van der Waals surface area contributed by atoms with E-state index in [2.05, 4.69) is 0 Å². The molecule has 0 saturated carbocycles. The van der Waals surface area contributed by atoms with Gasteiger partial charge >= 0.3 is 17.3 Å². The number of rotatable bonds is 8. The van der Waals surface area contributed by atoms with Crippen LogP contribution in [0.15, 0.2) is 54.6 Å². The molecule has 6 nitrogen and oxygen atoms in total. The Morgan fingerprint density at radius 2 is 1.52 bits per heavy atom. The average molecular weight is 419 g/mol. The normalized spacial score (nSPS) is 14.5. The maximum absolute atomic E-state index is 13.1. The van der Waals surface area contributed by atoms with Gasteiger partial charge in [-0.3, -0.25) is 13.8 Å². The second kappa shape index (κ2) is 9.33. The molecule has 7 heteroatoms. The molecule has 0 aromatic heterocycles. The second-order valence-corrected chi connectivity index (χ2v) is 8.70. The predicted molar refractivity (Wildman–Crippen MR) is 111 cm³/mol. The number of hydrogen-bond donors (Lipinski definition) is 0. The maximum atomic E-state index is 13.1. The molecule has 0 saturated heterocycles. The summed E-state index contributed by atoms with van der Waals surface area (Å²) >= 11 is -2.20. The van der Waals surface area contributed by atoms with Crippen LogP contribution in [-0.4, -0.2) is 28.2 Å². The summed E-state index contributed by atoms with van der Waals surface area (Å²) < 4.78 is 28.1. The van der Waals surface area contributed by atoms with Gasteiger partial charge in [-0.25, -0.2) is 0 Å². The number of hydrogen-bond acceptors (Lipinski definition) is 6. The minimum atomic E-state index is -2.20. The van der Waals surface area contributed by atoms with Crippen molar-refractivity contribution in [3.63, 3.8) is 0 Å². The van der Waals surface area contributed by atoms with Gasteiger partial charge in [-0.1, -0.05) is 48.0 Å². The summed E-state index contributed by atoms with van der Waals surface area (Å²) in [5, 5.41) is 0. The lowest BCUT2D eigenvalue weighted by molar-refractivity contribution is -0.164. The summed E-state index contributed by atoms with van der Waals surface area (Å²) in [5.74, 6) is -0.895. The molecule has 0 aliphatic rings. The Morgan fingerprint density at radius 1 is 0.931 bits per heavy atom. The first-order valence-electron chi connectivity index (χ1n) is 9.14. The molecule has 2 aromatic carbocycles. The highest BCUT2D eigenvalue weighted by molar-refractivity contribution is 7.75. The van der Waals surface area contributed by atoms with Crippen LogP contribution in [0.5, 0.6) is 5.75 Å². The number of carbonyl (C=O) groups excluding carboxylic acids is 2. The number of carbonyl (C=O) groups is 2. The Labute approximate surface area is 174 Å². The van der Waals surface area contributed by atoms with E-state index in [1.807, 2.05) is 6.92 Å². The number of ketones is 1. The Balaban J connectivity index is 2.18. The monoisotopic (exact) mass is 418 g/mol. The smallest absolute Gasteiger partial charge is 0.360 e. The Hall–Kier alpha value is -2.51. The van der Waals surface area contributed by atoms with Gasteiger partial charge in [0.2, 0.25) is 0 Å². The van der Waals surface area contributed by atoms with E-state index in [4.69, 9.17) is 13.1 Å². The van der Waals surface area contributed by atoms with Crippen LogP contribution in [0.4, 0.5) is 0 Å². The van der Waals surface area contributed by atoms with Crippen LogP contribution in [-0.2, 0) is 25.1 Å².